The van der Waals surface area contributed by atoms with Crippen molar-refractivity contribution < 1.29 is 9.53 Å². The minimum Gasteiger partial charge on any atom is -0.427 e. The second kappa shape index (κ2) is 7.48. The van der Waals surface area contributed by atoms with Crippen molar-refractivity contribution in [2.45, 2.75) is 26.7 Å². The van der Waals surface area contributed by atoms with Crippen LogP contribution in [0.15, 0.2) is 29.4 Å². The smallest absolute Gasteiger partial charge is 0.308 e. The van der Waals surface area contributed by atoms with Gasteiger partial charge in [0.1, 0.15) is 5.75 Å². The maximum Gasteiger partial charge on any atom is 0.308 e. The number of hydrogen-bond acceptors (Lipinski definition) is 4. The predicted octanol–water partition coefficient (Wildman–Crippen LogP) is 1.75. The molecule has 0 radical (unpaired) electrons. The first kappa shape index (κ1) is 15.1. The van der Waals surface area contributed by atoms with E-state index in [1.807, 2.05) is 19.1 Å². The zero-order valence-corrected chi connectivity index (χ0v) is 11.8. The molecule has 1 aromatic carbocycles. The highest BCUT2D eigenvalue weighted by Crippen LogP contribution is 2.13. The van der Waals surface area contributed by atoms with E-state index < -0.39 is 0 Å². The predicted molar refractivity (Wildman–Crippen MR) is 79.1 cm³/mol. The van der Waals surface area contributed by atoms with Crippen LogP contribution in [0.5, 0.6) is 5.75 Å². The minimum atomic E-state index is -0.320. The normalized spacial score (nSPS) is 10.9. The van der Waals surface area contributed by atoms with Crippen LogP contribution in [0.25, 0.3) is 0 Å². The third-order valence-corrected chi connectivity index (χ3v) is 2.41. The molecule has 0 aliphatic heterocycles. The van der Waals surface area contributed by atoms with Gasteiger partial charge in [0.25, 0.3) is 0 Å². The third-order valence-electron chi connectivity index (χ3n) is 2.32. The van der Waals surface area contributed by atoms with Crippen molar-refractivity contribution in [3.8, 4) is 5.75 Å². The van der Waals surface area contributed by atoms with E-state index in [1.54, 1.807) is 12.1 Å². The van der Waals surface area contributed by atoms with Gasteiger partial charge in [-0.15, -0.1) is 0 Å². The van der Waals surface area contributed by atoms with Gasteiger partial charge in [0.15, 0.2) is 5.11 Å². The Labute approximate surface area is 117 Å². The quantitative estimate of drug-likeness (QED) is 0.282. The molecule has 0 amide bonds. The van der Waals surface area contributed by atoms with Crippen LogP contribution in [0.3, 0.4) is 0 Å². The Morgan fingerprint density at radius 2 is 2.00 bits per heavy atom. The molecule has 0 saturated heterocycles. The Kier molecular flexibility index (Phi) is 5.95. The van der Waals surface area contributed by atoms with E-state index in [9.17, 15) is 4.79 Å². The molecule has 0 fully saturated rings. The number of nitrogens with one attached hydrogen (secondary N) is 1. The molecule has 3 N–H and O–H groups in total. The summed E-state index contributed by atoms with van der Waals surface area (Å²) in [5, 5.41) is 4.18. The van der Waals surface area contributed by atoms with Crippen LogP contribution in [-0.2, 0) is 11.2 Å². The number of benzene rings is 1. The summed E-state index contributed by atoms with van der Waals surface area (Å²) >= 11 is 4.66. The second-order valence-corrected chi connectivity index (χ2v) is 4.50. The number of aryl methyl sites for hydroxylation is 1. The lowest BCUT2D eigenvalue weighted by Crippen LogP contribution is -2.25. The van der Waals surface area contributed by atoms with Gasteiger partial charge in [0.05, 0.1) is 0 Å². The van der Waals surface area contributed by atoms with Crippen molar-refractivity contribution in [1.82, 2.24) is 5.43 Å². The van der Waals surface area contributed by atoms with Crippen molar-refractivity contribution in [2.24, 2.45) is 10.8 Å². The first-order valence-electron chi connectivity index (χ1n) is 5.83. The van der Waals surface area contributed by atoms with E-state index in [2.05, 4.69) is 22.7 Å². The van der Waals surface area contributed by atoms with Gasteiger partial charge in [0.2, 0.25) is 0 Å². The van der Waals surface area contributed by atoms with E-state index in [0.29, 0.717) is 5.75 Å². The van der Waals surface area contributed by atoms with Crippen molar-refractivity contribution in [3.63, 3.8) is 0 Å². The Balaban J connectivity index is 2.47. The molecule has 102 valence electrons. The number of ether oxygens (including phenoxy) is 1. The van der Waals surface area contributed by atoms with Crippen molar-refractivity contribution in [1.29, 1.82) is 0 Å². The van der Waals surface area contributed by atoms with Crippen LogP contribution in [0.2, 0.25) is 0 Å². The molecule has 0 heterocycles. The molecule has 1 aromatic rings. The fraction of sp³-hybridized carbons (Fsp3) is 0.308. The molecular weight excluding hydrogens is 262 g/mol. The first-order chi connectivity index (χ1) is 8.97. The number of hydrazone groups is 1. The Morgan fingerprint density at radius 1 is 1.37 bits per heavy atom. The third kappa shape index (κ3) is 6.52. The lowest BCUT2D eigenvalue weighted by Gasteiger charge is -2.04. The fourth-order valence-corrected chi connectivity index (χ4v) is 1.47. The first-order valence-corrected chi connectivity index (χ1v) is 6.24. The molecule has 0 aromatic heterocycles. The van der Waals surface area contributed by atoms with Crippen LogP contribution in [0.1, 0.15) is 25.8 Å². The van der Waals surface area contributed by atoms with Gasteiger partial charge in [-0.25, -0.2) is 0 Å². The molecule has 1 rings (SSSR count). The van der Waals surface area contributed by atoms with E-state index in [4.69, 9.17) is 10.5 Å². The Morgan fingerprint density at radius 3 is 2.53 bits per heavy atom. The van der Waals surface area contributed by atoms with Crippen LogP contribution in [0, 0.1) is 0 Å². The molecule has 0 unspecified atom stereocenters. The number of esters is 1. The topological polar surface area (TPSA) is 76.7 Å². The maximum atomic E-state index is 10.8. The Bertz CT molecular complexity index is 483. The molecule has 6 heteroatoms. The van der Waals surface area contributed by atoms with E-state index >= 15 is 0 Å². The molecule has 0 aliphatic rings. The summed E-state index contributed by atoms with van der Waals surface area (Å²) in [6.07, 6.45) is 1.64. The summed E-state index contributed by atoms with van der Waals surface area (Å²) in [4.78, 5) is 10.8. The molecule has 5 nitrogen and oxygen atoms in total. The minimum absolute atomic E-state index is 0.157. The lowest BCUT2D eigenvalue weighted by molar-refractivity contribution is -0.131. The summed E-state index contributed by atoms with van der Waals surface area (Å²) in [6, 6.07) is 7.39. The number of carbonyl (C=O) groups excluding carboxylic acids is 1. The highest BCUT2D eigenvalue weighted by atomic mass is 32.1. The van der Waals surface area contributed by atoms with E-state index in [-0.39, 0.29) is 11.1 Å². The largest absolute Gasteiger partial charge is 0.427 e. The molecule has 0 atom stereocenters. The van der Waals surface area contributed by atoms with Gasteiger partial charge in [0, 0.05) is 12.6 Å². The van der Waals surface area contributed by atoms with E-state index in [0.717, 1.165) is 24.1 Å². The number of nitrogens with zero attached hydrogens (tertiary/aromatic N) is 1. The number of rotatable bonds is 5. The van der Waals surface area contributed by atoms with Gasteiger partial charge >= 0.3 is 5.97 Å². The Hall–Kier alpha value is -1.95. The number of nitrogens with two attached hydrogens (primary N) is 1. The second-order valence-electron chi connectivity index (χ2n) is 4.06. The highest BCUT2D eigenvalue weighted by Gasteiger charge is 2.00. The summed E-state index contributed by atoms with van der Waals surface area (Å²) in [5.41, 5.74) is 9.88. The molecule has 0 aliphatic carbocycles. The molecule has 0 spiro atoms. The van der Waals surface area contributed by atoms with Crippen LogP contribution in [0.4, 0.5) is 0 Å². The average molecular weight is 279 g/mol. The maximum absolute atomic E-state index is 10.8. The lowest BCUT2D eigenvalue weighted by atomic mass is 10.1. The van der Waals surface area contributed by atoms with Crippen LogP contribution < -0.4 is 15.9 Å². The standard InChI is InChI=1S/C13H17N3O2S/c1-9(15-16-13(14)19)3-4-11-5-7-12(8-6-11)18-10(2)17/h5-8H,3-4H2,1-2H3,(H3,14,16,19)/b15-9+. The van der Waals surface area contributed by atoms with Crippen molar-refractivity contribution in [3.05, 3.63) is 29.8 Å². The zero-order chi connectivity index (χ0) is 14.3. The van der Waals surface area contributed by atoms with Gasteiger partial charge in [-0.2, -0.15) is 5.10 Å². The average Bonchev–Trinajstić information content (AvgIpc) is 2.35. The highest BCUT2D eigenvalue weighted by molar-refractivity contribution is 7.80. The van der Waals surface area contributed by atoms with Gasteiger partial charge in [-0.05, 0) is 49.7 Å². The molecule has 0 bridgehead atoms. The summed E-state index contributed by atoms with van der Waals surface area (Å²) < 4.78 is 4.96. The monoisotopic (exact) mass is 279 g/mol. The van der Waals surface area contributed by atoms with Crippen LogP contribution >= 0.6 is 12.2 Å². The molecular formula is C13H17N3O2S. The van der Waals surface area contributed by atoms with Gasteiger partial charge in [-0.3, -0.25) is 10.2 Å². The fourth-order valence-electron chi connectivity index (χ4n) is 1.42. The molecule has 19 heavy (non-hydrogen) atoms. The SMILES string of the molecule is CC(=O)Oc1ccc(CC/C(C)=N/NC(N)=S)cc1. The summed E-state index contributed by atoms with van der Waals surface area (Å²) in [7, 11) is 0. The number of carbonyl (C=O) groups is 1. The summed E-state index contributed by atoms with van der Waals surface area (Å²) in [5.74, 6) is 0.233. The van der Waals surface area contributed by atoms with Gasteiger partial charge < -0.3 is 10.5 Å². The summed E-state index contributed by atoms with van der Waals surface area (Å²) in [6.45, 7) is 3.28. The number of hydrogen-bond donors (Lipinski definition) is 2. The zero-order valence-electron chi connectivity index (χ0n) is 11.0. The van der Waals surface area contributed by atoms with Crippen molar-refractivity contribution in [2.75, 3.05) is 0 Å². The number of thiocarbonyl (C=S) groups is 1. The van der Waals surface area contributed by atoms with Crippen molar-refractivity contribution >= 4 is 29.0 Å². The van der Waals surface area contributed by atoms with E-state index in [1.165, 1.54) is 6.92 Å². The molecule has 0 saturated carbocycles. The van der Waals surface area contributed by atoms with Crippen LogP contribution in [-0.4, -0.2) is 16.8 Å². The van der Waals surface area contributed by atoms with Gasteiger partial charge in [-0.1, -0.05) is 12.1 Å².